The number of hydrogen-bond donors (Lipinski definition) is 0. The van der Waals surface area contributed by atoms with E-state index in [9.17, 15) is 10.1 Å². The van der Waals surface area contributed by atoms with Crippen molar-refractivity contribution < 1.29 is 4.92 Å². The van der Waals surface area contributed by atoms with Crippen LogP contribution in [-0.2, 0) is 6.54 Å². The van der Waals surface area contributed by atoms with Gasteiger partial charge in [-0.3, -0.25) is 14.8 Å². The lowest BCUT2D eigenvalue weighted by Gasteiger charge is -2.04. The van der Waals surface area contributed by atoms with Gasteiger partial charge in [-0.2, -0.15) is 5.10 Å². The SMILES string of the molecule is CCCn1nccc1/C=C(/C(C)C)[N+](=O)[O-]. The molecule has 1 aromatic heterocycles. The maximum absolute atomic E-state index is 10.8. The van der Waals surface area contributed by atoms with Crippen LogP contribution in [0.4, 0.5) is 0 Å². The lowest BCUT2D eigenvalue weighted by Crippen LogP contribution is -2.07. The van der Waals surface area contributed by atoms with Gasteiger partial charge in [0.05, 0.1) is 10.6 Å². The summed E-state index contributed by atoms with van der Waals surface area (Å²) >= 11 is 0. The van der Waals surface area contributed by atoms with Crippen molar-refractivity contribution in [3.8, 4) is 0 Å². The Balaban J connectivity index is 3.03. The monoisotopic (exact) mass is 223 g/mol. The van der Waals surface area contributed by atoms with Crippen molar-refractivity contribution in [3.05, 3.63) is 33.8 Å². The van der Waals surface area contributed by atoms with Gasteiger partial charge in [0.2, 0.25) is 0 Å². The lowest BCUT2D eigenvalue weighted by molar-refractivity contribution is -0.431. The largest absolute Gasteiger partial charge is 0.265 e. The molecule has 0 radical (unpaired) electrons. The lowest BCUT2D eigenvalue weighted by atomic mass is 10.1. The molecule has 1 rings (SSSR count). The summed E-state index contributed by atoms with van der Waals surface area (Å²) in [6.45, 7) is 6.46. The van der Waals surface area contributed by atoms with Crippen molar-refractivity contribution in [1.82, 2.24) is 9.78 Å². The van der Waals surface area contributed by atoms with E-state index in [1.807, 2.05) is 20.8 Å². The third kappa shape index (κ3) is 2.92. The molecule has 5 nitrogen and oxygen atoms in total. The van der Waals surface area contributed by atoms with Gasteiger partial charge in [-0.05, 0) is 12.5 Å². The number of aryl methyl sites for hydroxylation is 1. The number of rotatable bonds is 5. The molecule has 0 atom stereocenters. The molecule has 88 valence electrons. The van der Waals surface area contributed by atoms with Crippen molar-refractivity contribution in [2.45, 2.75) is 33.7 Å². The highest BCUT2D eigenvalue weighted by Crippen LogP contribution is 2.15. The molecule has 0 aliphatic rings. The van der Waals surface area contributed by atoms with Crippen molar-refractivity contribution in [3.63, 3.8) is 0 Å². The molecular formula is C11H17N3O2. The molecule has 0 aliphatic heterocycles. The first-order valence-electron chi connectivity index (χ1n) is 5.44. The Hall–Kier alpha value is -1.65. The van der Waals surface area contributed by atoms with Crippen LogP contribution in [0.1, 0.15) is 32.9 Å². The van der Waals surface area contributed by atoms with Crippen LogP contribution in [-0.4, -0.2) is 14.7 Å². The molecule has 1 heterocycles. The number of nitro groups is 1. The molecule has 0 aliphatic carbocycles. The molecule has 1 aromatic rings. The van der Waals surface area contributed by atoms with Gasteiger partial charge in [-0.15, -0.1) is 0 Å². The normalized spacial score (nSPS) is 12.1. The fraction of sp³-hybridized carbons (Fsp3) is 0.545. The third-order valence-electron chi connectivity index (χ3n) is 2.28. The maximum atomic E-state index is 10.8. The van der Waals surface area contributed by atoms with Crippen LogP contribution in [0.15, 0.2) is 18.0 Å². The molecule has 0 N–H and O–H groups in total. The van der Waals surface area contributed by atoms with E-state index >= 15 is 0 Å². The predicted molar refractivity (Wildman–Crippen MR) is 62.3 cm³/mol. The fourth-order valence-corrected chi connectivity index (χ4v) is 1.45. The first-order valence-corrected chi connectivity index (χ1v) is 5.44. The van der Waals surface area contributed by atoms with Crippen molar-refractivity contribution in [2.75, 3.05) is 0 Å². The summed E-state index contributed by atoms with van der Waals surface area (Å²) in [4.78, 5) is 10.5. The van der Waals surface area contributed by atoms with Crippen LogP contribution in [0, 0.1) is 16.0 Å². The summed E-state index contributed by atoms with van der Waals surface area (Å²) in [7, 11) is 0. The standard InChI is InChI=1S/C11H17N3O2/c1-4-7-13-10(5-6-12-13)8-11(9(2)3)14(15)16/h5-6,8-9H,4,7H2,1-3H3/b11-8-. The van der Waals surface area contributed by atoms with Gasteiger partial charge in [-0.1, -0.05) is 20.8 Å². The average molecular weight is 223 g/mol. The number of aromatic nitrogens is 2. The minimum atomic E-state index is -0.325. The Morgan fingerprint density at radius 2 is 2.38 bits per heavy atom. The molecular weight excluding hydrogens is 206 g/mol. The molecule has 16 heavy (non-hydrogen) atoms. The zero-order chi connectivity index (χ0) is 12.1. The van der Waals surface area contributed by atoms with Gasteiger partial charge in [0.1, 0.15) is 0 Å². The second kappa shape index (κ2) is 5.44. The van der Waals surface area contributed by atoms with E-state index in [1.54, 1.807) is 23.0 Å². The van der Waals surface area contributed by atoms with Crippen LogP contribution in [0.25, 0.3) is 6.08 Å². The Morgan fingerprint density at radius 3 is 2.88 bits per heavy atom. The van der Waals surface area contributed by atoms with E-state index < -0.39 is 0 Å². The first-order chi connectivity index (χ1) is 7.56. The Bertz CT molecular complexity index is 394. The minimum Gasteiger partial charge on any atom is -0.265 e. The number of allylic oxidation sites excluding steroid dienone is 1. The Kier molecular flexibility index (Phi) is 4.22. The highest BCUT2D eigenvalue weighted by Gasteiger charge is 2.16. The van der Waals surface area contributed by atoms with Gasteiger partial charge in [0, 0.05) is 24.7 Å². The first kappa shape index (κ1) is 12.4. The molecule has 0 spiro atoms. The molecule has 0 saturated heterocycles. The highest BCUT2D eigenvalue weighted by atomic mass is 16.6. The zero-order valence-electron chi connectivity index (χ0n) is 9.88. The quantitative estimate of drug-likeness (QED) is 0.569. The van der Waals surface area contributed by atoms with E-state index in [2.05, 4.69) is 5.10 Å². The molecule has 0 bridgehead atoms. The topological polar surface area (TPSA) is 61.0 Å². The highest BCUT2D eigenvalue weighted by molar-refractivity contribution is 5.47. The molecule has 0 fully saturated rings. The van der Waals surface area contributed by atoms with Crippen LogP contribution in [0.5, 0.6) is 0 Å². The summed E-state index contributed by atoms with van der Waals surface area (Å²) in [5, 5.41) is 15.0. The van der Waals surface area contributed by atoms with E-state index in [1.165, 1.54) is 0 Å². The number of nitrogens with zero attached hydrogens (tertiary/aromatic N) is 3. The van der Waals surface area contributed by atoms with Crippen molar-refractivity contribution >= 4 is 6.08 Å². The number of hydrogen-bond acceptors (Lipinski definition) is 3. The fourth-order valence-electron chi connectivity index (χ4n) is 1.45. The Morgan fingerprint density at radius 1 is 1.69 bits per heavy atom. The van der Waals surface area contributed by atoms with Crippen LogP contribution >= 0.6 is 0 Å². The Labute approximate surface area is 94.9 Å². The zero-order valence-corrected chi connectivity index (χ0v) is 9.88. The molecule has 5 heteroatoms. The van der Waals surface area contributed by atoms with Crippen LogP contribution in [0.3, 0.4) is 0 Å². The van der Waals surface area contributed by atoms with Gasteiger partial charge in [-0.25, -0.2) is 0 Å². The summed E-state index contributed by atoms with van der Waals surface area (Å²) < 4.78 is 1.78. The second-order valence-electron chi connectivity index (χ2n) is 3.96. The van der Waals surface area contributed by atoms with Crippen molar-refractivity contribution in [2.24, 2.45) is 5.92 Å². The second-order valence-corrected chi connectivity index (χ2v) is 3.96. The van der Waals surface area contributed by atoms with E-state index in [4.69, 9.17) is 0 Å². The van der Waals surface area contributed by atoms with Crippen LogP contribution in [0.2, 0.25) is 0 Å². The summed E-state index contributed by atoms with van der Waals surface area (Å²) in [6.07, 6.45) is 4.23. The van der Waals surface area contributed by atoms with Gasteiger partial charge >= 0.3 is 0 Å². The average Bonchev–Trinajstić information content (AvgIpc) is 2.61. The summed E-state index contributed by atoms with van der Waals surface area (Å²) in [6, 6.07) is 1.79. The predicted octanol–water partition coefficient (Wildman–Crippen LogP) is 2.57. The minimum absolute atomic E-state index is 0.0972. The van der Waals surface area contributed by atoms with Crippen molar-refractivity contribution in [1.29, 1.82) is 0 Å². The molecule has 0 saturated carbocycles. The van der Waals surface area contributed by atoms with E-state index in [0.29, 0.717) is 0 Å². The van der Waals surface area contributed by atoms with Gasteiger partial charge in [0.15, 0.2) is 0 Å². The summed E-state index contributed by atoms with van der Waals surface area (Å²) in [5.74, 6) is -0.0972. The van der Waals surface area contributed by atoms with Crippen LogP contribution < -0.4 is 0 Å². The van der Waals surface area contributed by atoms with Gasteiger partial charge < -0.3 is 0 Å². The molecule has 0 aromatic carbocycles. The smallest absolute Gasteiger partial charge is 0.250 e. The third-order valence-corrected chi connectivity index (χ3v) is 2.28. The van der Waals surface area contributed by atoms with Gasteiger partial charge in [0.25, 0.3) is 5.70 Å². The molecule has 0 amide bonds. The van der Waals surface area contributed by atoms with E-state index in [-0.39, 0.29) is 16.5 Å². The molecule has 0 unspecified atom stereocenters. The maximum Gasteiger partial charge on any atom is 0.250 e. The van der Waals surface area contributed by atoms with E-state index in [0.717, 1.165) is 18.7 Å². The summed E-state index contributed by atoms with van der Waals surface area (Å²) in [5.41, 5.74) is 1.01.